The van der Waals surface area contributed by atoms with Gasteiger partial charge in [0.25, 0.3) is 0 Å². The van der Waals surface area contributed by atoms with Crippen LogP contribution in [-0.4, -0.2) is 18.9 Å². The Labute approximate surface area is 115 Å². The van der Waals surface area contributed by atoms with Gasteiger partial charge in [-0.1, -0.05) is 50.3 Å². The Balaban J connectivity index is 0.000000362. The monoisotopic (exact) mass is 262 g/mol. The number of benzene rings is 1. The molecule has 1 aromatic rings. The van der Waals surface area contributed by atoms with E-state index in [2.05, 4.69) is 42.5 Å². The van der Waals surface area contributed by atoms with E-state index in [0.29, 0.717) is 12.9 Å². The maximum atomic E-state index is 10.2. The maximum Gasteiger partial charge on any atom is 0.312 e. The number of rotatable bonds is 6. The topological polar surface area (TPSA) is 43.4 Å². The van der Waals surface area contributed by atoms with Crippen LogP contribution in [0.5, 0.6) is 0 Å². The Morgan fingerprint density at radius 1 is 1.26 bits per heavy atom. The Morgan fingerprint density at radius 3 is 2.37 bits per heavy atom. The Morgan fingerprint density at radius 2 is 1.89 bits per heavy atom. The third-order valence-corrected chi connectivity index (χ3v) is 2.29. The quantitative estimate of drug-likeness (QED) is 0.446. The van der Waals surface area contributed by atoms with Crippen molar-refractivity contribution in [3.63, 3.8) is 0 Å². The van der Waals surface area contributed by atoms with Crippen LogP contribution in [0.1, 0.15) is 38.7 Å². The van der Waals surface area contributed by atoms with E-state index in [-0.39, 0.29) is 6.42 Å². The van der Waals surface area contributed by atoms with Gasteiger partial charge in [0.15, 0.2) is 0 Å². The minimum absolute atomic E-state index is 0.131. The molecule has 0 spiro atoms. The first-order valence-electron chi connectivity index (χ1n) is 6.48. The van der Waals surface area contributed by atoms with Gasteiger partial charge in [-0.05, 0) is 24.5 Å². The standard InChI is InChI=1S/C11H14.C5H8O3/c1-3-7-10(2)11-8-5-4-6-9-11;1-2-8-5(7)3-4-6/h4-6,8-9H,2-3,7H2,1H3;4H,2-3H2,1H3. The van der Waals surface area contributed by atoms with Crippen LogP contribution in [0.4, 0.5) is 0 Å². The highest BCUT2D eigenvalue weighted by atomic mass is 16.5. The lowest BCUT2D eigenvalue weighted by atomic mass is 10.0. The predicted octanol–water partition coefficient (Wildman–Crippen LogP) is 3.64. The fourth-order valence-corrected chi connectivity index (χ4v) is 1.41. The summed E-state index contributed by atoms with van der Waals surface area (Å²) in [4.78, 5) is 19.8. The van der Waals surface area contributed by atoms with Crippen molar-refractivity contribution in [2.45, 2.75) is 33.1 Å². The largest absolute Gasteiger partial charge is 0.466 e. The average Bonchev–Trinajstić information content (AvgIpc) is 2.41. The van der Waals surface area contributed by atoms with Gasteiger partial charge < -0.3 is 9.53 Å². The summed E-state index contributed by atoms with van der Waals surface area (Å²) in [5.74, 6) is -0.456. The molecule has 3 heteroatoms. The van der Waals surface area contributed by atoms with Gasteiger partial charge in [-0.15, -0.1) is 0 Å². The van der Waals surface area contributed by atoms with E-state index >= 15 is 0 Å². The van der Waals surface area contributed by atoms with Crippen LogP contribution in [0.2, 0.25) is 0 Å². The molecular weight excluding hydrogens is 240 g/mol. The highest BCUT2D eigenvalue weighted by molar-refractivity contribution is 5.83. The second kappa shape index (κ2) is 11.2. The minimum atomic E-state index is -0.456. The molecule has 0 aliphatic heterocycles. The molecule has 19 heavy (non-hydrogen) atoms. The molecule has 1 rings (SSSR count). The first kappa shape index (κ1) is 17.1. The molecule has 0 aliphatic rings. The van der Waals surface area contributed by atoms with Crippen LogP contribution in [-0.2, 0) is 14.3 Å². The minimum Gasteiger partial charge on any atom is -0.466 e. The number of esters is 1. The first-order chi connectivity index (χ1) is 9.15. The highest BCUT2D eigenvalue weighted by Crippen LogP contribution is 2.16. The number of carbonyl (C=O) groups excluding carboxylic acids is 2. The van der Waals surface area contributed by atoms with Gasteiger partial charge in [-0.25, -0.2) is 0 Å². The van der Waals surface area contributed by atoms with Crippen LogP contribution in [0.25, 0.3) is 5.57 Å². The second-order valence-corrected chi connectivity index (χ2v) is 3.90. The average molecular weight is 262 g/mol. The molecule has 1 aromatic carbocycles. The zero-order chi connectivity index (χ0) is 14.5. The summed E-state index contributed by atoms with van der Waals surface area (Å²) in [6, 6.07) is 10.4. The predicted molar refractivity (Wildman–Crippen MR) is 77.7 cm³/mol. The summed E-state index contributed by atoms with van der Waals surface area (Å²) in [5, 5.41) is 0. The van der Waals surface area contributed by atoms with Crippen LogP contribution in [0.15, 0.2) is 36.9 Å². The number of carbonyl (C=O) groups is 2. The lowest BCUT2D eigenvalue weighted by Crippen LogP contribution is -2.03. The van der Waals surface area contributed by atoms with Crippen molar-refractivity contribution in [2.75, 3.05) is 6.61 Å². The molecule has 104 valence electrons. The molecule has 0 saturated heterocycles. The number of aldehydes is 1. The Bertz CT molecular complexity index is 382. The van der Waals surface area contributed by atoms with Crippen LogP contribution in [0, 0.1) is 0 Å². The van der Waals surface area contributed by atoms with Crippen molar-refractivity contribution in [2.24, 2.45) is 0 Å². The molecule has 0 fully saturated rings. The van der Waals surface area contributed by atoms with Crippen molar-refractivity contribution >= 4 is 17.8 Å². The van der Waals surface area contributed by atoms with E-state index in [1.807, 2.05) is 6.07 Å². The van der Waals surface area contributed by atoms with Crippen molar-refractivity contribution in [1.82, 2.24) is 0 Å². The second-order valence-electron chi connectivity index (χ2n) is 3.90. The van der Waals surface area contributed by atoms with E-state index in [9.17, 15) is 9.59 Å². The summed E-state index contributed by atoms with van der Waals surface area (Å²) in [7, 11) is 0. The van der Waals surface area contributed by atoms with Gasteiger partial charge in [0.1, 0.15) is 12.7 Å². The van der Waals surface area contributed by atoms with Gasteiger partial charge >= 0.3 is 5.97 Å². The smallest absolute Gasteiger partial charge is 0.312 e. The summed E-state index contributed by atoms with van der Waals surface area (Å²) < 4.78 is 4.41. The van der Waals surface area contributed by atoms with Gasteiger partial charge in [0.05, 0.1) is 6.61 Å². The van der Waals surface area contributed by atoms with E-state index in [0.717, 1.165) is 6.42 Å². The zero-order valence-corrected chi connectivity index (χ0v) is 11.7. The van der Waals surface area contributed by atoms with E-state index in [1.165, 1.54) is 17.6 Å². The van der Waals surface area contributed by atoms with Gasteiger partial charge in [-0.3, -0.25) is 4.79 Å². The molecular formula is C16H22O3. The van der Waals surface area contributed by atoms with Gasteiger partial charge in [0, 0.05) is 0 Å². The SMILES string of the molecule is C=C(CCC)c1ccccc1.CCOC(=O)CC=O. The molecule has 0 heterocycles. The normalized spacial score (nSPS) is 8.95. The molecule has 3 nitrogen and oxygen atoms in total. The van der Waals surface area contributed by atoms with E-state index < -0.39 is 5.97 Å². The lowest BCUT2D eigenvalue weighted by molar-refractivity contribution is -0.143. The van der Waals surface area contributed by atoms with Crippen molar-refractivity contribution in [3.05, 3.63) is 42.5 Å². The van der Waals surface area contributed by atoms with Crippen molar-refractivity contribution < 1.29 is 14.3 Å². The number of hydrogen-bond donors (Lipinski definition) is 0. The number of ether oxygens (including phenoxy) is 1. The molecule has 0 amide bonds. The Hall–Kier alpha value is -1.90. The lowest BCUT2D eigenvalue weighted by Gasteiger charge is -2.02. The first-order valence-corrected chi connectivity index (χ1v) is 6.48. The fourth-order valence-electron chi connectivity index (χ4n) is 1.41. The molecule has 0 atom stereocenters. The number of hydrogen-bond acceptors (Lipinski definition) is 3. The van der Waals surface area contributed by atoms with Crippen LogP contribution >= 0.6 is 0 Å². The van der Waals surface area contributed by atoms with Crippen LogP contribution < -0.4 is 0 Å². The summed E-state index contributed by atoms with van der Waals surface area (Å²) in [5.41, 5.74) is 2.52. The summed E-state index contributed by atoms with van der Waals surface area (Å²) in [6.07, 6.45) is 2.67. The zero-order valence-electron chi connectivity index (χ0n) is 11.7. The maximum absolute atomic E-state index is 10.2. The van der Waals surface area contributed by atoms with E-state index in [4.69, 9.17) is 0 Å². The number of allylic oxidation sites excluding steroid dienone is 1. The Kier molecular flexibility index (Phi) is 10.1. The molecule has 0 bridgehead atoms. The molecule has 0 unspecified atom stereocenters. The molecule has 0 radical (unpaired) electrons. The van der Waals surface area contributed by atoms with Gasteiger partial charge in [-0.2, -0.15) is 0 Å². The third-order valence-electron chi connectivity index (χ3n) is 2.29. The highest BCUT2D eigenvalue weighted by Gasteiger charge is 1.96. The summed E-state index contributed by atoms with van der Waals surface area (Å²) in [6.45, 7) is 8.23. The van der Waals surface area contributed by atoms with Crippen molar-refractivity contribution in [1.29, 1.82) is 0 Å². The fraction of sp³-hybridized carbons (Fsp3) is 0.375. The molecule has 0 aromatic heterocycles. The van der Waals surface area contributed by atoms with E-state index in [1.54, 1.807) is 6.92 Å². The van der Waals surface area contributed by atoms with Gasteiger partial charge in [0.2, 0.25) is 0 Å². The molecule has 0 aliphatic carbocycles. The summed E-state index contributed by atoms with van der Waals surface area (Å²) >= 11 is 0. The third kappa shape index (κ3) is 8.77. The molecule has 0 N–H and O–H groups in total. The molecule has 0 saturated carbocycles. The van der Waals surface area contributed by atoms with Crippen LogP contribution in [0.3, 0.4) is 0 Å². The van der Waals surface area contributed by atoms with Crippen molar-refractivity contribution in [3.8, 4) is 0 Å².